The summed E-state index contributed by atoms with van der Waals surface area (Å²) in [5.41, 5.74) is 7.44. The lowest BCUT2D eigenvalue weighted by atomic mass is 9.99. The number of rotatable bonds is 5. The molecule has 0 spiro atoms. The molecule has 4 aromatic heterocycles. The Hall–Kier alpha value is -4.55. The van der Waals surface area contributed by atoms with Gasteiger partial charge in [-0.15, -0.1) is 16.4 Å². The van der Waals surface area contributed by atoms with Crippen LogP contribution in [-0.2, 0) is 6.54 Å². The van der Waals surface area contributed by atoms with Gasteiger partial charge in [-0.1, -0.05) is 97.1 Å². The number of aromatic nitrogens is 5. The first kappa shape index (κ1) is 20.8. The Labute approximate surface area is 212 Å². The zero-order chi connectivity index (χ0) is 23.9. The first-order valence-corrected chi connectivity index (χ1v) is 12.7. The molecule has 0 amide bonds. The normalized spacial score (nSPS) is 11.4. The first-order chi connectivity index (χ1) is 17.9. The van der Waals surface area contributed by atoms with Crippen molar-refractivity contribution >= 4 is 28.0 Å². The van der Waals surface area contributed by atoms with Crippen LogP contribution in [0.1, 0.15) is 5.56 Å². The fourth-order valence-corrected chi connectivity index (χ4v) is 5.50. The number of nitrogens with zero attached hydrogens (tertiary/aromatic N) is 5. The van der Waals surface area contributed by atoms with Crippen molar-refractivity contribution in [3.8, 4) is 33.1 Å². The van der Waals surface area contributed by atoms with Gasteiger partial charge in [-0.05, 0) is 28.1 Å². The van der Waals surface area contributed by atoms with Crippen LogP contribution in [-0.4, -0.2) is 24.1 Å². The van der Waals surface area contributed by atoms with E-state index in [-0.39, 0.29) is 0 Å². The third-order valence-corrected chi connectivity index (χ3v) is 7.28. The summed E-state index contributed by atoms with van der Waals surface area (Å²) in [7, 11) is 0. The van der Waals surface area contributed by atoms with E-state index in [0.29, 0.717) is 6.54 Å². The van der Waals surface area contributed by atoms with E-state index < -0.39 is 0 Å². The third kappa shape index (κ3) is 3.42. The summed E-state index contributed by atoms with van der Waals surface area (Å²) in [6, 6.07) is 35.7. The summed E-state index contributed by atoms with van der Waals surface area (Å²) < 4.78 is 4.13. The monoisotopic (exact) mass is 483 g/mol. The van der Waals surface area contributed by atoms with Gasteiger partial charge in [0, 0.05) is 12.1 Å². The van der Waals surface area contributed by atoms with Crippen molar-refractivity contribution in [3.63, 3.8) is 0 Å². The van der Waals surface area contributed by atoms with Crippen LogP contribution in [0, 0.1) is 0 Å². The lowest BCUT2D eigenvalue weighted by molar-refractivity contribution is 0.826. The summed E-state index contributed by atoms with van der Waals surface area (Å²) in [5, 5.41) is 7.84. The highest BCUT2D eigenvalue weighted by Crippen LogP contribution is 2.42. The van der Waals surface area contributed by atoms with Crippen LogP contribution in [0.2, 0.25) is 0 Å². The molecule has 36 heavy (non-hydrogen) atoms. The van der Waals surface area contributed by atoms with Crippen molar-refractivity contribution in [2.75, 3.05) is 0 Å². The summed E-state index contributed by atoms with van der Waals surface area (Å²) in [6.45, 7) is 0.698. The van der Waals surface area contributed by atoms with Crippen molar-refractivity contribution in [1.29, 1.82) is 0 Å². The predicted octanol–water partition coefficient (Wildman–Crippen LogP) is 7.19. The number of hydrogen-bond acceptors (Lipinski definition) is 4. The molecular weight excluding hydrogens is 462 g/mol. The first-order valence-electron chi connectivity index (χ1n) is 11.8. The molecular formula is C30H21N5S. The van der Waals surface area contributed by atoms with Crippen LogP contribution in [0.4, 0.5) is 0 Å². The second-order valence-corrected chi connectivity index (χ2v) is 9.60. The minimum absolute atomic E-state index is 0.698. The predicted molar refractivity (Wildman–Crippen MR) is 146 cm³/mol. The highest BCUT2D eigenvalue weighted by atomic mass is 32.1. The van der Waals surface area contributed by atoms with E-state index in [0.717, 1.165) is 49.8 Å². The molecule has 7 rings (SSSR count). The molecule has 0 saturated heterocycles. The molecule has 0 bridgehead atoms. The van der Waals surface area contributed by atoms with Crippen LogP contribution in [0.15, 0.2) is 115 Å². The van der Waals surface area contributed by atoms with E-state index in [4.69, 9.17) is 15.1 Å². The van der Waals surface area contributed by atoms with Crippen molar-refractivity contribution in [3.05, 3.63) is 120 Å². The molecule has 0 atom stereocenters. The number of thiophene rings is 1. The van der Waals surface area contributed by atoms with Crippen LogP contribution >= 0.6 is 11.3 Å². The summed E-state index contributed by atoms with van der Waals surface area (Å²) in [5.74, 6) is 0.718. The largest absolute Gasteiger partial charge is 0.320 e. The molecule has 0 aliphatic rings. The zero-order valence-corrected chi connectivity index (χ0v) is 20.1. The number of benzene rings is 3. The molecule has 0 N–H and O–H groups in total. The van der Waals surface area contributed by atoms with Gasteiger partial charge < -0.3 is 4.57 Å². The van der Waals surface area contributed by atoms with Gasteiger partial charge in [-0.2, -0.15) is 0 Å². The van der Waals surface area contributed by atoms with E-state index in [9.17, 15) is 0 Å². The molecule has 4 heterocycles. The molecule has 0 aliphatic heterocycles. The van der Waals surface area contributed by atoms with Gasteiger partial charge in [0.25, 0.3) is 0 Å². The maximum absolute atomic E-state index is 5.03. The minimum atomic E-state index is 0.698. The Morgan fingerprint density at radius 2 is 1.39 bits per heavy atom. The molecule has 5 nitrogen and oxygen atoms in total. The molecule has 6 heteroatoms. The molecule has 0 fully saturated rings. The Kier molecular flexibility index (Phi) is 4.96. The highest BCUT2D eigenvalue weighted by molar-refractivity contribution is 7.13. The van der Waals surface area contributed by atoms with Crippen molar-refractivity contribution < 1.29 is 0 Å². The van der Waals surface area contributed by atoms with Gasteiger partial charge in [-0.25, -0.2) is 14.5 Å². The van der Waals surface area contributed by atoms with E-state index in [1.54, 1.807) is 17.7 Å². The van der Waals surface area contributed by atoms with Crippen molar-refractivity contribution in [2.24, 2.45) is 0 Å². The number of fused-ring (bicyclic) bond motifs is 3. The maximum Gasteiger partial charge on any atom is 0.192 e. The lowest BCUT2D eigenvalue weighted by Crippen LogP contribution is -2.03. The minimum Gasteiger partial charge on any atom is -0.320 e. The van der Waals surface area contributed by atoms with Crippen LogP contribution < -0.4 is 0 Å². The molecule has 172 valence electrons. The maximum atomic E-state index is 5.03. The molecule has 0 saturated carbocycles. The Balaban J connectivity index is 1.61. The molecule has 3 aromatic carbocycles. The lowest BCUT2D eigenvalue weighted by Gasteiger charge is -2.13. The SMILES string of the molecule is c1ccc(Cn2c(-c3ccccc3)c(-c3ccccc3)c3c2ncn2nc(-c4cccs4)nc32)cc1. The van der Waals surface area contributed by atoms with Gasteiger partial charge in [-0.3, -0.25) is 0 Å². The topological polar surface area (TPSA) is 48.0 Å². The van der Waals surface area contributed by atoms with Crippen molar-refractivity contribution in [2.45, 2.75) is 6.54 Å². The second kappa shape index (κ2) is 8.59. The highest BCUT2D eigenvalue weighted by Gasteiger charge is 2.25. The average molecular weight is 484 g/mol. The fourth-order valence-electron chi connectivity index (χ4n) is 4.85. The average Bonchev–Trinajstić information content (AvgIpc) is 3.68. The summed E-state index contributed by atoms with van der Waals surface area (Å²) >= 11 is 1.64. The molecule has 0 unspecified atom stereocenters. The fraction of sp³-hybridized carbons (Fsp3) is 0.0333. The van der Waals surface area contributed by atoms with Gasteiger partial charge in [0.05, 0.1) is 16.0 Å². The number of hydrogen-bond donors (Lipinski definition) is 0. The van der Waals surface area contributed by atoms with Crippen LogP contribution in [0.25, 0.3) is 49.8 Å². The quantitative estimate of drug-likeness (QED) is 0.260. The van der Waals surface area contributed by atoms with Crippen molar-refractivity contribution in [1.82, 2.24) is 24.1 Å². The zero-order valence-electron chi connectivity index (χ0n) is 19.3. The van der Waals surface area contributed by atoms with Crippen LogP contribution in [0.5, 0.6) is 0 Å². The molecule has 0 aliphatic carbocycles. The van der Waals surface area contributed by atoms with E-state index in [1.807, 2.05) is 16.0 Å². The Morgan fingerprint density at radius 1 is 0.694 bits per heavy atom. The van der Waals surface area contributed by atoms with Gasteiger partial charge in [0.15, 0.2) is 11.5 Å². The smallest absolute Gasteiger partial charge is 0.192 e. The van der Waals surface area contributed by atoms with Gasteiger partial charge in [0.2, 0.25) is 0 Å². The summed E-state index contributed by atoms with van der Waals surface area (Å²) in [6.07, 6.45) is 1.78. The van der Waals surface area contributed by atoms with E-state index in [2.05, 4.69) is 102 Å². The van der Waals surface area contributed by atoms with Gasteiger partial charge in [0.1, 0.15) is 12.0 Å². The van der Waals surface area contributed by atoms with Crippen LogP contribution in [0.3, 0.4) is 0 Å². The summed E-state index contributed by atoms with van der Waals surface area (Å²) in [4.78, 5) is 11.0. The van der Waals surface area contributed by atoms with E-state index in [1.165, 1.54) is 5.56 Å². The molecule has 0 radical (unpaired) electrons. The Bertz CT molecular complexity index is 1780. The van der Waals surface area contributed by atoms with Gasteiger partial charge >= 0.3 is 0 Å². The van der Waals surface area contributed by atoms with E-state index >= 15 is 0 Å². The third-order valence-electron chi connectivity index (χ3n) is 6.42. The molecule has 7 aromatic rings. The Morgan fingerprint density at radius 3 is 2.08 bits per heavy atom. The second-order valence-electron chi connectivity index (χ2n) is 8.65. The standard InChI is InChI=1S/C30H21N5S/c1-4-11-21(12-5-1)19-34-27(23-15-8-3-9-16-23)25(22-13-6-2-7-14-22)26-29(34)31-20-35-30(26)32-28(33-35)24-17-10-18-36-24/h1-18,20H,19H2.